The second-order valence-electron chi connectivity index (χ2n) is 7.32. The summed E-state index contributed by atoms with van der Waals surface area (Å²) in [5.74, 6) is 0.554. The van der Waals surface area contributed by atoms with E-state index in [4.69, 9.17) is 9.47 Å². The molecule has 1 aliphatic rings. The number of nitrogens with zero attached hydrogens (tertiary/aromatic N) is 4. The number of aryl methyl sites for hydroxylation is 2. The zero-order valence-electron chi connectivity index (χ0n) is 17.1. The van der Waals surface area contributed by atoms with Crippen molar-refractivity contribution in [2.45, 2.75) is 45.8 Å². The first-order valence-corrected chi connectivity index (χ1v) is 9.82. The Hall–Kier alpha value is -3.49. The van der Waals surface area contributed by atoms with Crippen LogP contribution in [-0.4, -0.2) is 44.2 Å². The molecule has 1 N–H and O–H groups in total. The van der Waals surface area contributed by atoms with Crippen molar-refractivity contribution in [1.82, 2.24) is 24.9 Å². The molecular formula is C21H23N5O4. The molecule has 0 saturated carbocycles. The van der Waals surface area contributed by atoms with Crippen LogP contribution in [0.4, 0.5) is 0 Å². The van der Waals surface area contributed by atoms with Gasteiger partial charge in [0.15, 0.2) is 11.9 Å². The van der Waals surface area contributed by atoms with Crippen LogP contribution < -0.4 is 10.1 Å². The highest BCUT2D eigenvalue weighted by atomic mass is 16.5. The largest absolute Gasteiger partial charge is 0.493 e. The predicted molar refractivity (Wildman–Crippen MR) is 107 cm³/mol. The molecule has 30 heavy (non-hydrogen) atoms. The summed E-state index contributed by atoms with van der Waals surface area (Å²) in [5.41, 5.74) is 2.61. The van der Waals surface area contributed by atoms with Gasteiger partial charge in [0.1, 0.15) is 12.2 Å². The summed E-state index contributed by atoms with van der Waals surface area (Å²) in [7, 11) is 0. The van der Waals surface area contributed by atoms with E-state index in [0.717, 1.165) is 22.7 Å². The summed E-state index contributed by atoms with van der Waals surface area (Å²) in [6.45, 7) is 5.82. The summed E-state index contributed by atoms with van der Waals surface area (Å²) < 4.78 is 12.5. The average Bonchev–Trinajstić information content (AvgIpc) is 3.10. The number of rotatable bonds is 5. The van der Waals surface area contributed by atoms with E-state index in [1.54, 1.807) is 11.4 Å². The minimum absolute atomic E-state index is 0.139. The van der Waals surface area contributed by atoms with Gasteiger partial charge in [0.05, 0.1) is 12.6 Å². The number of carbonyl (C=O) groups is 2. The molecule has 0 fully saturated rings. The number of carbonyl (C=O) groups excluding carboxylic acids is 2. The van der Waals surface area contributed by atoms with Crippen molar-refractivity contribution in [2.75, 3.05) is 6.61 Å². The van der Waals surface area contributed by atoms with Gasteiger partial charge in [-0.15, -0.1) is 5.10 Å². The van der Waals surface area contributed by atoms with Gasteiger partial charge in [-0.2, -0.15) is 4.98 Å². The maximum Gasteiger partial charge on any atom is 0.314 e. The fourth-order valence-corrected chi connectivity index (χ4v) is 3.49. The van der Waals surface area contributed by atoms with E-state index in [1.165, 1.54) is 0 Å². The van der Waals surface area contributed by atoms with Crippen molar-refractivity contribution >= 4 is 17.7 Å². The Morgan fingerprint density at radius 3 is 2.93 bits per heavy atom. The van der Waals surface area contributed by atoms with Gasteiger partial charge >= 0.3 is 5.97 Å². The fraction of sp³-hybridized carbons (Fsp3) is 0.381. The maximum atomic E-state index is 12.6. The summed E-state index contributed by atoms with van der Waals surface area (Å²) >= 11 is 0. The number of benzene rings is 1. The molecule has 3 aromatic rings. The van der Waals surface area contributed by atoms with Gasteiger partial charge in [0, 0.05) is 23.4 Å². The van der Waals surface area contributed by atoms with E-state index in [-0.39, 0.29) is 18.4 Å². The molecule has 3 heterocycles. The van der Waals surface area contributed by atoms with Gasteiger partial charge in [0.25, 0.3) is 11.7 Å². The van der Waals surface area contributed by atoms with Crippen LogP contribution >= 0.6 is 0 Å². The highest BCUT2D eigenvalue weighted by Crippen LogP contribution is 2.31. The molecule has 2 atom stereocenters. The van der Waals surface area contributed by atoms with Crippen molar-refractivity contribution in [2.24, 2.45) is 0 Å². The Labute approximate surface area is 173 Å². The zero-order chi connectivity index (χ0) is 21.3. The molecule has 0 spiro atoms. The molecule has 156 valence electrons. The third kappa shape index (κ3) is 4.10. The van der Waals surface area contributed by atoms with Gasteiger partial charge in [-0.3, -0.25) is 9.59 Å². The van der Waals surface area contributed by atoms with E-state index in [0.29, 0.717) is 24.6 Å². The number of esters is 1. The highest BCUT2D eigenvalue weighted by Gasteiger charge is 2.26. The maximum absolute atomic E-state index is 12.6. The summed E-state index contributed by atoms with van der Waals surface area (Å²) in [4.78, 5) is 33.4. The first-order valence-electron chi connectivity index (χ1n) is 9.82. The van der Waals surface area contributed by atoms with Gasteiger partial charge in [-0.1, -0.05) is 18.2 Å². The summed E-state index contributed by atoms with van der Waals surface area (Å²) in [5, 5.41) is 7.23. The normalized spacial score (nSPS) is 16.4. The van der Waals surface area contributed by atoms with Crippen molar-refractivity contribution in [3.05, 3.63) is 53.1 Å². The monoisotopic (exact) mass is 409 g/mol. The molecule has 2 aromatic heterocycles. The van der Waals surface area contributed by atoms with Gasteiger partial charge in [-0.05, 0) is 32.9 Å². The molecule has 0 aliphatic carbocycles. The fourth-order valence-electron chi connectivity index (χ4n) is 3.49. The van der Waals surface area contributed by atoms with Crippen LogP contribution in [-0.2, 0) is 20.7 Å². The second-order valence-corrected chi connectivity index (χ2v) is 7.32. The molecule has 2 unspecified atom stereocenters. The van der Waals surface area contributed by atoms with Gasteiger partial charge in [0.2, 0.25) is 0 Å². The number of aromatic nitrogens is 4. The third-order valence-corrected chi connectivity index (χ3v) is 4.92. The highest BCUT2D eigenvalue weighted by molar-refractivity contribution is 5.84. The van der Waals surface area contributed by atoms with Crippen molar-refractivity contribution in [3.8, 4) is 5.75 Å². The Kier molecular flexibility index (Phi) is 5.35. The van der Waals surface area contributed by atoms with Crippen LogP contribution in [0.25, 0.3) is 5.78 Å². The Morgan fingerprint density at radius 1 is 1.30 bits per heavy atom. The first kappa shape index (κ1) is 19.8. The lowest BCUT2D eigenvalue weighted by Crippen LogP contribution is -2.39. The molecule has 0 bridgehead atoms. The van der Waals surface area contributed by atoms with Crippen LogP contribution in [0, 0.1) is 13.8 Å². The SMILES string of the molecule is Cc1cc(C)n2nc(CC(=O)OC(C)C(=O)NC3CCOc4ccccc43)nc2n1. The van der Waals surface area contributed by atoms with Crippen LogP contribution in [0.2, 0.25) is 0 Å². The molecule has 0 radical (unpaired) electrons. The topological polar surface area (TPSA) is 108 Å². The standard InChI is InChI=1S/C21H23N5O4/c1-12-10-13(2)26-21(22-12)24-18(25-26)11-19(27)30-14(3)20(28)23-16-8-9-29-17-7-5-4-6-15(16)17/h4-7,10,14,16H,8-9,11H2,1-3H3,(H,23,28). The quantitative estimate of drug-likeness (QED) is 0.641. The lowest BCUT2D eigenvalue weighted by molar-refractivity contribution is -0.154. The molecule has 1 aliphatic heterocycles. The van der Waals surface area contributed by atoms with Crippen LogP contribution in [0.1, 0.15) is 42.2 Å². The summed E-state index contributed by atoms with van der Waals surface area (Å²) in [6, 6.07) is 9.28. The molecule has 9 heteroatoms. The van der Waals surface area contributed by atoms with E-state index >= 15 is 0 Å². The molecule has 9 nitrogen and oxygen atoms in total. The number of ether oxygens (including phenoxy) is 2. The van der Waals surface area contributed by atoms with E-state index in [2.05, 4.69) is 20.4 Å². The number of para-hydroxylation sites is 1. The van der Waals surface area contributed by atoms with Gasteiger partial charge < -0.3 is 14.8 Å². The number of nitrogens with one attached hydrogen (secondary N) is 1. The molecule has 1 aromatic carbocycles. The minimum atomic E-state index is -0.938. The van der Waals surface area contributed by atoms with E-state index in [1.807, 2.05) is 44.2 Å². The lowest BCUT2D eigenvalue weighted by Gasteiger charge is -2.27. The average molecular weight is 409 g/mol. The van der Waals surface area contributed by atoms with Crippen molar-refractivity contribution in [1.29, 1.82) is 0 Å². The lowest BCUT2D eigenvalue weighted by atomic mass is 10.0. The number of hydrogen-bond acceptors (Lipinski definition) is 7. The van der Waals surface area contributed by atoms with Gasteiger partial charge in [-0.25, -0.2) is 9.50 Å². The second kappa shape index (κ2) is 8.10. The van der Waals surface area contributed by atoms with Crippen molar-refractivity contribution in [3.63, 3.8) is 0 Å². The molecular weight excluding hydrogens is 386 g/mol. The summed E-state index contributed by atoms with van der Waals surface area (Å²) in [6.07, 6.45) is -0.424. The zero-order valence-corrected chi connectivity index (χ0v) is 17.1. The van der Waals surface area contributed by atoms with Crippen LogP contribution in [0.5, 0.6) is 5.75 Å². The minimum Gasteiger partial charge on any atom is -0.493 e. The predicted octanol–water partition coefficient (Wildman–Crippen LogP) is 1.86. The first-order chi connectivity index (χ1) is 14.4. The Morgan fingerprint density at radius 2 is 2.10 bits per heavy atom. The Bertz CT molecular complexity index is 1110. The van der Waals surface area contributed by atoms with Crippen LogP contribution in [0.15, 0.2) is 30.3 Å². The molecule has 1 amide bonds. The number of hydrogen-bond donors (Lipinski definition) is 1. The van der Waals surface area contributed by atoms with E-state index in [9.17, 15) is 9.59 Å². The van der Waals surface area contributed by atoms with E-state index < -0.39 is 12.1 Å². The third-order valence-electron chi connectivity index (χ3n) is 4.92. The number of amides is 1. The smallest absolute Gasteiger partial charge is 0.314 e. The Balaban J connectivity index is 1.37. The molecule has 4 rings (SSSR count). The number of fused-ring (bicyclic) bond motifs is 2. The molecule has 0 saturated heterocycles. The van der Waals surface area contributed by atoms with Crippen molar-refractivity contribution < 1.29 is 19.1 Å². The van der Waals surface area contributed by atoms with Crippen LogP contribution in [0.3, 0.4) is 0 Å².